The van der Waals surface area contributed by atoms with E-state index in [9.17, 15) is 4.79 Å². The Morgan fingerprint density at radius 3 is 2.00 bits per heavy atom. The zero-order valence-electron chi connectivity index (χ0n) is 14.4. The van der Waals surface area contributed by atoms with E-state index in [1.54, 1.807) is 11.3 Å². The van der Waals surface area contributed by atoms with Gasteiger partial charge >= 0.3 is 0 Å². The van der Waals surface area contributed by atoms with Crippen molar-refractivity contribution in [2.24, 2.45) is 0 Å². The maximum absolute atomic E-state index is 11.9. The third kappa shape index (κ3) is 2.59. The highest BCUT2D eigenvalue weighted by Gasteiger charge is 2.20. The lowest BCUT2D eigenvalue weighted by Crippen LogP contribution is -1.95. The van der Waals surface area contributed by atoms with Gasteiger partial charge in [0.15, 0.2) is 11.2 Å². The molecule has 0 saturated carbocycles. The molecule has 0 aliphatic carbocycles. The van der Waals surface area contributed by atoms with E-state index in [0.717, 1.165) is 38.6 Å². The summed E-state index contributed by atoms with van der Waals surface area (Å²) in [6.07, 6.45) is 0.916. The minimum atomic E-state index is 0.610. The highest BCUT2D eigenvalue weighted by Crippen LogP contribution is 2.35. The molecule has 0 saturated heterocycles. The van der Waals surface area contributed by atoms with Crippen molar-refractivity contribution >= 4 is 22.6 Å². The number of carbonyl (C=O) groups is 1. The molecule has 4 rings (SSSR count). The van der Waals surface area contributed by atoms with E-state index in [4.69, 9.17) is 4.98 Å². The quantitative estimate of drug-likeness (QED) is 0.461. The Bertz CT molecular complexity index is 1070. The van der Waals surface area contributed by atoms with E-state index in [-0.39, 0.29) is 0 Å². The molecule has 0 N–H and O–H groups in total. The highest BCUT2D eigenvalue weighted by molar-refractivity contribution is 7.17. The van der Waals surface area contributed by atoms with Gasteiger partial charge in [-0.1, -0.05) is 59.7 Å². The second-order valence-corrected chi connectivity index (χ2v) is 7.50. The Balaban J connectivity index is 1.99. The number of carbonyl (C=O) groups excluding carboxylic acids is 1. The molecular weight excluding hydrogens is 328 g/mol. The van der Waals surface area contributed by atoms with E-state index < -0.39 is 0 Å². The van der Waals surface area contributed by atoms with Crippen molar-refractivity contribution in [1.82, 2.24) is 9.38 Å². The van der Waals surface area contributed by atoms with Crippen LogP contribution in [0.25, 0.3) is 27.5 Å². The SMILES string of the molecule is Cc1ccc(-c2nc3sc(C)c(-c4ccc(C)cc4)n3c2C=O)cc1. The summed E-state index contributed by atoms with van der Waals surface area (Å²) >= 11 is 1.62. The molecule has 0 fully saturated rings. The summed E-state index contributed by atoms with van der Waals surface area (Å²) in [5.74, 6) is 0. The zero-order valence-corrected chi connectivity index (χ0v) is 15.2. The van der Waals surface area contributed by atoms with Crippen LogP contribution in [0.15, 0.2) is 48.5 Å². The van der Waals surface area contributed by atoms with Gasteiger partial charge < -0.3 is 0 Å². The summed E-state index contributed by atoms with van der Waals surface area (Å²) in [6, 6.07) is 16.5. The number of hydrogen-bond acceptors (Lipinski definition) is 3. The van der Waals surface area contributed by atoms with Gasteiger partial charge in [0.05, 0.1) is 5.69 Å². The molecule has 25 heavy (non-hydrogen) atoms. The number of aryl methyl sites for hydroxylation is 3. The van der Waals surface area contributed by atoms with E-state index in [0.29, 0.717) is 5.69 Å². The minimum Gasteiger partial charge on any atom is -0.296 e. The van der Waals surface area contributed by atoms with Gasteiger partial charge in [0, 0.05) is 10.4 Å². The minimum absolute atomic E-state index is 0.610. The molecule has 2 heterocycles. The maximum atomic E-state index is 11.9. The summed E-state index contributed by atoms with van der Waals surface area (Å²) in [5, 5.41) is 0. The molecule has 3 nitrogen and oxygen atoms in total. The molecule has 0 atom stereocenters. The van der Waals surface area contributed by atoms with E-state index in [1.165, 1.54) is 11.1 Å². The molecule has 4 heteroatoms. The lowest BCUT2D eigenvalue weighted by atomic mass is 10.1. The summed E-state index contributed by atoms with van der Waals surface area (Å²) < 4.78 is 1.99. The maximum Gasteiger partial charge on any atom is 0.195 e. The van der Waals surface area contributed by atoms with E-state index in [1.807, 2.05) is 28.7 Å². The molecule has 0 amide bonds. The summed E-state index contributed by atoms with van der Waals surface area (Å²) in [7, 11) is 0. The number of rotatable bonds is 3. The second kappa shape index (κ2) is 5.97. The molecule has 0 unspecified atom stereocenters. The predicted octanol–water partition coefficient (Wildman–Crippen LogP) is 5.47. The van der Waals surface area contributed by atoms with Crippen LogP contribution in [0.1, 0.15) is 26.5 Å². The van der Waals surface area contributed by atoms with E-state index in [2.05, 4.69) is 45.0 Å². The van der Waals surface area contributed by atoms with Crippen molar-refractivity contribution in [3.05, 3.63) is 70.2 Å². The molecule has 0 spiro atoms. The third-order valence-corrected chi connectivity index (χ3v) is 5.40. The molecule has 0 bridgehead atoms. The number of aromatic nitrogens is 2. The fourth-order valence-corrected chi connectivity index (χ4v) is 4.11. The molecule has 2 aromatic carbocycles. The van der Waals surface area contributed by atoms with E-state index >= 15 is 0 Å². The van der Waals surface area contributed by atoms with Gasteiger partial charge in [-0.15, -0.1) is 11.3 Å². The number of benzene rings is 2. The fraction of sp³-hybridized carbons (Fsp3) is 0.143. The molecule has 0 aliphatic rings. The van der Waals surface area contributed by atoms with Crippen LogP contribution in [0, 0.1) is 20.8 Å². The van der Waals surface area contributed by atoms with Crippen LogP contribution < -0.4 is 0 Å². The topological polar surface area (TPSA) is 34.4 Å². The van der Waals surface area contributed by atoms with Crippen molar-refractivity contribution in [3.63, 3.8) is 0 Å². The Morgan fingerprint density at radius 2 is 1.44 bits per heavy atom. The molecule has 124 valence electrons. The first kappa shape index (κ1) is 15.8. The monoisotopic (exact) mass is 346 g/mol. The van der Waals surface area contributed by atoms with Gasteiger partial charge in [-0.2, -0.15) is 0 Å². The van der Waals surface area contributed by atoms with Crippen LogP contribution in [0.2, 0.25) is 0 Å². The number of thiazole rings is 1. The van der Waals surface area contributed by atoms with Crippen LogP contribution in [0.5, 0.6) is 0 Å². The van der Waals surface area contributed by atoms with Crippen LogP contribution in [-0.4, -0.2) is 15.7 Å². The van der Waals surface area contributed by atoms with Gasteiger partial charge in [0.2, 0.25) is 0 Å². The van der Waals surface area contributed by atoms with Crippen molar-refractivity contribution in [3.8, 4) is 22.5 Å². The third-order valence-electron chi connectivity index (χ3n) is 4.45. The van der Waals surface area contributed by atoms with Crippen molar-refractivity contribution < 1.29 is 4.79 Å². The number of aldehydes is 1. The number of fused-ring (bicyclic) bond motifs is 1. The smallest absolute Gasteiger partial charge is 0.195 e. The average molecular weight is 346 g/mol. The zero-order chi connectivity index (χ0) is 17.6. The first-order chi connectivity index (χ1) is 12.1. The van der Waals surface area contributed by atoms with Crippen molar-refractivity contribution in [2.75, 3.05) is 0 Å². The van der Waals surface area contributed by atoms with Crippen LogP contribution in [0.4, 0.5) is 0 Å². The first-order valence-corrected chi connectivity index (χ1v) is 9.01. The molecule has 2 aromatic heterocycles. The Hall–Kier alpha value is -2.72. The standard InChI is InChI=1S/C21H18N2OS/c1-13-4-8-16(9-5-13)19-18(12-24)23-20(15(3)25-21(23)22-19)17-10-6-14(2)7-11-17/h4-12H,1-3H3. The Kier molecular flexibility index (Phi) is 3.77. The summed E-state index contributed by atoms with van der Waals surface area (Å²) in [6.45, 7) is 6.20. The molecule has 0 radical (unpaired) electrons. The van der Waals surface area contributed by atoms with Gasteiger partial charge in [-0.25, -0.2) is 4.98 Å². The lowest BCUT2D eigenvalue weighted by molar-refractivity contribution is 0.111. The number of imidazole rings is 1. The summed E-state index contributed by atoms with van der Waals surface area (Å²) in [4.78, 5) is 18.7. The summed E-state index contributed by atoms with van der Waals surface area (Å²) in [5.41, 5.74) is 6.88. The molecule has 4 aromatic rings. The normalized spacial score (nSPS) is 11.2. The van der Waals surface area contributed by atoms with Gasteiger partial charge in [0.25, 0.3) is 0 Å². The van der Waals surface area contributed by atoms with Gasteiger partial charge in [0.1, 0.15) is 11.4 Å². The Morgan fingerprint density at radius 1 is 0.880 bits per heavy atom. The largest absolute Gasteiger partial charge is 0.296 e. The van der Waals surface area contributed by atoms with Gasteiger partial charge in [-0.3, -0.25) is 9.20 Å². The molecule has 0 aliphatic heterocycles. The van der Waals surface area contributed by atoms with Crippen LogP contribution in [-0.2, 0) is 0 Å². The second-order valence-electron chi connectivity index (χ2n) is 6.32. The van der Waals surface area contributed by atoms with Crippen LogP contribution in [0.3, 0.4) is 0 Å². The first-order valence-electron chi connectivity index (χ1n) is 8.19. The van der Waals surface area contributed by atoms with Crippen LogP contribution >= 0.6 is 11.3 Å². The average Bonchev–Trinajstić information content (AvgIpc) is 3.11. The fourth-order valence-electron chi connectivity index (χ4n) is 3.12. The number of nitrogens with zero attached hydrogens (tertiary/aromatic N) is 2. The van der Waals surface area contributed by atoms with Crippen molar-refractivity contribution in [2.45, 2.75) is 20.8 Å². The van der Waals surface area contributed by atoms with Gasteiger partial charge in [-0.05, 0) is 26.3 Å². The van der Waals surface area contributed by atoms with Crippen molar-refractivity contribution in [1.29, 1.82) is 0 Å². The predicted molar refractivity (Wildman–Crippen MR) is 104 cm³/mol. The number of hydrogen-bond donors (Lipinski definition) is 0. The highest BCUT2D eigenvalue weighted by atomic mass is 32.1. The molecular formula is C21H18N2OS. The lowest BCUT2D eigenvalue weighted by Gasteiger charge is -2.05. The Labute approximate surface area is 150 Å².